The Kier molecular flexibility index (Phi) is 6.02. The van der Waals surface area contributed by atoms with Crippen LogP contribution in [0.1, 0.15) is 45.6 Å². The van der Waals surface area contributed by atoms with Crippen molar-refractivity contribution in [1.82, 2.24) is 0 Å². The number of hydrogen-bond donors (Lipinski definition) is 2. The van der Waals surface area contributed by atoms with E-state index in [1.807, 2.05) is 45.0 Å². The fourth-order valence-corrected chi connectivity index (χ4v) is 1.87. The molecule has 1 unspecified atom stereocenters. The van der Waals surface area contributed by atoms with Crippen molar-refractivity contribution in [2.24, 2.45) is 5.73 Å². The Hall–Kier alpha value is -1.55. The van der Waals surface area contributed by atoms with E-state index in [0.29, 0.717) is 6.42 Å². The largest absolute Gasteiger partial charge is 0.459 e. The predicted molar refractivity (Wildman–Crippen MR) is 82.2 cm³/mol. The van der Waals surface area contributed by atoms with Crippen molar-refractivity contribution in [2.75, 3.05) is 5.73 Å². The number of nitrogen functional groups attached to an aromatic ring is 1. The second kappa shape index (κ2) is 7.29. The second-order valence-corrected chi connectivity index (χ2v) is 6.13. The van der Waals surface area contributed by atoms with Crippen LogP contribution in [0, 0.1) is 0 Å². The zero-order valence-electron chi connectivity index (χ0n) is 12.7. The standard InChI is InChI=1S/C16H26N2O2/c1-16(2,3)20-15(19)14(18)7-5-4-6-12-8-10-13(17)11-9-12/h8-11,14H,4-7,17-18H2,1-3H3. The number of nitrogens with two attached hydrogens (primary N) is 2. The normalized spacial score (nSPS) is 13.0. The van der Waals surface area contributed by atoms with Crippen LogP contribution in [0.2, 0.25) is 0 Å². The fourth-order valence-electron chi connectivity index (χ4n) is 1.87. The summed E-state index contributed by atoms with van der Waals surface area (Å²) in [4.78, 5) is 11.7. The van der Waals surface area contributed by atoms with Crippen LogP contribution in [0.15, 0.2) is 24.3 Å². The molecule has 1 atom stereocenters. The molecule has 0 spiro atoms. The molecule has 0 amide bonds. The highest BCUT2D eigenvalue weighted by Crippen LogP contribution is 2.12. The maximum Gasteiger partial charge on any atom is 0.323 e. The van der Waals surface area contributed by atoms with Gasteiger partial charge in [0.05, 0.1) is 0 Å². The number of aryl methyl sites for hydroxylation is 1. The molecule has 1 rings (SSSR count). The summed E-state index contributed by atoms with van der Waals surface area (Å²) in [5, 5.41) is 0. The molecule has 0 aliphatic heterocycles. The Morgan fingerprint density at radius 2 is 1.80 bits per heavy atom. The van der Waals surface area contributed by atoms with E-state index in [2.05, 4.69) is 0 Å². The lowest BCUT2D eigenvalue weighted by Crippen LogP contribution is -2.37. The molecule has 1 aromatic carbocycles. The molecule has 0 heterocycles. The molecule has 20 heavy (non-hydrogen) atoms. The van der Waals surface area contributed by atoms with E-state index >= 15 is 0 Å². The van der Waals surface area contributed by atoms with Gasteiger partial charge in [0.15, 0.2) is 0 Å². The molecule has 112 valence electrons. The molecule has 0 saturated heterocycles. The molecule has 4 heteroatoms. The number of unbranched alkanes of at least 4 members (excludes halogenated alkanes) is 1. The van der Waals surface area contributed by atoms with Crippen molar-refractivity contribution in [3.8, 4) is 0 Å². The van der Waals surface area contributed by atoms with Crippen LogP contribution in [0.4, 0.5) is 5.69 Å². The fraction of sp³-hybridized carbons (Fsp3) is 0.562. The molecule has 4 N–H and O–H groups in total. The number of rotatable bonds is 6. The first kappa shape index (κ1) is 16.5. The number of carbonyl (C=O) groups excluding carboxylic acids is 1. The minimum Gasteiger partial charge on any atom is -0.459 e. The Balaban J connectivity index is 2.23. The van der Waals surface area contributed by atoms with Crippen LogP contribution in [0.3, 0.4) is 0 Å². The van der Waals surface area contributed by atoms with Crippen LogP contribution < -0.4 is 11.5 Å². The molecule has 0 aromatic heterocycles. The summed E-state index contributed by atoms with van der Waals surface area (Å²) in [6.07, 6.45) is 3.54. The maximum absolute atomic E-state index is 11.7. The van der Waals surface area contributed by atoms with Gasteiger partial charge in [-0.2, -0.15) is 0 Å². The summed E-state index contributed by atoms with van der Waals surface area (Å²) >= 11 is 0. The molecular weight excluding hydrogens is 252 g/mol. The second-order valence-electron chi connectivity index (χ2n) is 6.13. The number of carbonyl (C=O) groups is 1. The van der Waals surface area contributed by atoms with E-state index in [1.165, 1.54) is 5.56 Å². The summed E-state index contributed by atoms with van der Waals surface area (Å²) in [7, 11) is 0. The third-order valence-corrected chi connectivity index (χ3v) is 2.92. The lowest BCUT2D eigenvalue weighted by Gasteiger charge is -2.22. The zero-order chi connectivity index (χ0) is 15.2. The smallest absolute Gasteiger partial charge is 0.323 e. The van der Waals surface area contributed by atoms with E-state index in [0.717, 1.165) is 24.9 Å². The molecule has 0 fully saturated rings. The van der Waals surface area contributed by atoms with Gasteiger partial charge < -0.3 is 16.2 Å². The predicted octanol–water partition coefficient (Wildman–Crippen LogP) is 2.65. The molecule has 0 saturated carbocycles. The van der Waals surface area contributed by atoms with Crippen molar-refractivity contribution in [3.63, 3.8) is 0 Å². The lowest BCUT2D eigenvalue weighted by molar-refractivity contribution is -0.156. The lowest BCUT2D eigenvalue weighted by atomic mass is 10.0. The summed E-state index contributed by atoms with van der Waals surface area (Å²) in [6.45, 7) is 5.54. The molecule has 0 radical (unpaired) electrons. The zero-order valence-corrected chi connectivity index (χ0v) is 12.7. The topological polar surface area (TPSA) is 78.3 Å². The third kappa shape index (κ3) is 6.57. The first-order chi connectivity index (χ1) is 9.28. The van der Waals surface area contributed by atoms with Gasteiger partial charge in [0, 0.05) is 5.69 Å². The minimum absolute atomic E-state index is 0.315. The third-order valence-electron chi connectivity index (χ3n) is 2.92. The molecular formula is C16H26N2O2. The Morgan fingerprint density at radius 3 is 2.35 bits per heavy atom. The van der Waals surface area contributed by atoms with Crippen LogP contribution in [0.5, 0.6) is 0 Å². The number of anilines is 1. The SMILES string of the molecule is CC(C)(C)OC(=O)C(N)CCCCc1ccc(N)cc1. The van der Waals surface area contributed by atoms with Crippen LogP contribution in [0.25, 0.3) is 0 Å². The van der Waals surface area contributed by atoms with Crippen LogP contribution in [-0.4, -0.2) is 17.6 Å². The van der Waals surface area contributed by atoms with E-state index in [4.69, 9.17) is 16.2 Å². The summed E-state index contributed by atoms with van der Waals surface area (Å²) in [5.41, 5.74) is 13.0. The average Bonchev–Trinajstić information content (AvgIpc) is 2.34. The van der Waals surface area contributed by atoms with Crippen molar-refractivity contribution in [3.05, 3.63) is 29.8 Å². The van der Waals surface area contributed by atoms with Crippen molar-refractivity contribution in [2.45, 2.75) is 58.1 Å². The van der Waals surface area contributed by atoms with Gasteiger partial charge in [-0.1, -0.05) is 18.6 Å². The van der Waals surface area contributed by atoms with Crippen molar-refractivity contribution in [1.29, 1.82) is 0 Å². The van der Waals surface area contributed by atoms with E-state index in [1.54, 1.807) is 0 Å². The van der Waals surface area contributed by atoms with Gasteiger partial charge in [0.1, 0.15) is 11.6 Å². The minimum atomic E-state index is -0.527. The van der Waals surface area contributed by atoms with Gasteiger partial charge in [-0.05, 0) is 57.7 Å². The van der Waals surface area contributed by atoms with Gasteiger partial charge in [-0.15, -0.1) is 0 Å². The van der Waals surface area contributed by atoms with Gasteiger partial charge in [-0.3, -0.25) is 4.79 Å². The molecule has 1 aromatic rings. The summed E-state index contributed by atoms with van der Waals surface area (Å²) < 4.78 is 5.25. The van der Waals surface area contributed by atoms with E-state index in [-0.39, 0.29) is 5.97 Å². The summed E-state index contributed by atoms with van der Waals surface area (Å²) in [5.74, 6) is -0.315. The van der Waals surface area contributed by atoms with Gasteiger partial charge >= 0.3 is 5.97 Å². The average molecular weight is 278 g/mol. The first-order valence-electron chi connectivity index (χ1n) is 7.11. The van der Waals surface area contributed by atoms with E-state index in [9.17, 15) is 4.79 Å². The summed E-state index contributed by atoms with van der Waals surface area (Å²) in [6, 6.07) is 7.34. The van der Waals surface area contributed by atoms with Gasteiger partial charge in [0.25, 0.3) is 0 Å². The van der Waals surface area contributed by atoms with Crippen molar-refractivity contribution >= 4 is 11.7 Å². The maximum atomic E-state index is 11.7. The Labute approximate surface area is 121 Å². The highest BCUT2D eigenvalue weighted by Gasteiger charge is 2.21. The Bertz CT molecular complexity index is 421. The highest BCUT2D eigenvalue weighted by molar-refractivity contribution is 5.75. The van der Waals surface area contributed by atoms with Crippen LogP contribution >= 0.6 is 0 Å². The van der Waals surface area contributed by atoms with Gasteiger partial charge in [-0.25, -0.2) is 0 Å². The molecule has 0 aliphatic carbocycles. The Morgan fingerprint density at radius 1 is 1.20 bits per heavy atom. The first-order valence-corrected chi connectivity index (χ1v) is 7.11. The monoisotopic (exact) mass is 278 g/mol. The van der Waals surface area contributed by atoms with Crippen molar-refractivity contribution < 1.29 is 9.53 Å². The number of hydrogen-bond acceptors (Lipinski definition) is 4. The molecule has 4 nitrogen and oxygen atoms in total. The quantitative estimate of drug-likeness (QED) is 0.476. The van der Waals surface area contributed by atoms with E-state index < -0.39 is 11.6 Å². The number of benzene rings is 1. The number of esters is 1. The molecule has 0 bridgehead atoms. The van der Waals surface area contributed by atoms with Crippen LogP contribution in [-0.2, 0) is 16.0 Å². The van der Waals surface area contributed by atoms with Gasteiger partial charge in [0.2, 0.25) is 0 Å². The molecule has 0 aliphatic rings. The highest BCUT2D eigenvalue weighted by atomic mass is 16.6. The number of ether oxygens (including phenoxy) is 1.